The lowest BCUT2D eigenvalue weighted by molar-refractivity contribution is 0.649. The third-order valence-corrected chi connectivity index (χ3v) is 3.47. The highest BCUT2D eigenvalue weighted by Crippen LogP contribution is 2.28. The van der Waals surface area contributed by atoms with Gasteiger partial charge in [-0.05, 0) is 42.2 Å². The van der Waals surface area contributed by atoms with Crippen LogP contribution in [0.15, 0.2) is 84.3 Å². The molecule has 0 atom stereocenters. The second-order valence-electron chi connectivity index (χ2n) is 5.32. The van der Waals surface area contributed by atoms with Crippen LogP contribution in [0.25, 0.3) is 0 Å². The van der Waals surface area contributed by atoms with E-state index in [1.165, 1.54) is 5.56 Å². The van der Waals surface area contributed by atoms with Gasteiger partial charge < -0.3 is 5.32 Å². The Morgan fingerprint density at radius 2 is 2.13 bits per heavy atom. The summed E-state index contributed by atoms with van der Waals surface area (Å²) in [7, 11) is 0. The fourth-order valence-corrected chi connectivity index (χ4v) is 2.35. The van der Waals surface area contributed by atoms with E-state index in [1.807, 2.05) is 18.3 Å². The molecule has 0 unspecified atom stereocenters. The highest BCUT2D eigenvalue weighted by Gasteiger charge is 2.08. The summed E-state index contributed by atoms with van der Waals surface area (Å²) in [4.78, 5) is 4.37. The van der Waals surface area contributed by atoms with E-state index < -0.39 is 5.83 Å². The topological polar surface area (TPSA) is 24.4 Å². The Morgan fingerprint density at radius 1 is 1.30 bits per heavy atom. The quantitative estimate of drug-likeness (QED) is 0.632. The molecule has 0 saturated carbocycles. The van der Waals surface area contributed by atoms with Gasteiger partial charge >= 0.3 is 0 Å². The van der Waals surface area contributed by atoms with Gasteiger partial charge in [0.25, 0.3) is 0 Å². The fraction of sp³-hybridized carbons (Fsp3) is 0.150. The number of nitrogens with one attached hydrogen (secondary N) is 1. The van der Waals surface area contributed by atoms with E-state index in [-0.39, 0.29) is 0 Å². The molecule has 2 rings (SSSR count). The summed E-state index contributed by atoms with van der Waals surface area (Å²) in [6.45, 7) is 10.9. The average Bonchev–Trinajstić information content (AvgIpc) is 2.54. The predicted octanol–water partition coefficient (Wildman–Crippen LogP) is 5.80. The van der Waals surface area contributed by atoms with Crippen LogP contribution in [0.5, 0.6) is 0 Å². The van der Waals surface area contributed by atoms with Crippen molar-refractivity contribution >= 4 is 17.6 Å². The first-order valence-electron chi connectivity index (χ1n) is 7.53. The number of aliphatic imine (C=N–C) groups is 1. The normalized spacial score (nSPS) is 13.7. The molecular formula is C20H21FN2. The minimum absolute atomic E-state index is 0.367. The van der Waals surface area contributed by atoms with Crippen LogP contribution < -0.4 is 5.32 Å². The second-order valence-corrected chi connectivity index (χ2v) is 5.32. The van der Waals surface area contributed by atoms with E-state index in [1.54, 1.807) is 24.3 Å². The number of fused-ring (bicyclic) bond motifs is 1. The van der Waals surface area contributed by atoms with Crippen LogP contribution in [0.1, 0.15) is 18.4 Å². The van der Waals surface area contributed by atoms with Crippen LogP contribution in [-0.2, 0) is 6.42 Å². The van der Waals surface area contributed by atoms with E-state index in [0.717, 1.165) is 24.2 Å². The van der Waals surface area contributed by atoms with Gasteiger partial charge in [-0.25, -0.2) is 4.39 Å². The van der Waals surface area contributed by atoms with Crippen LogP contribution in [-0.4, -0.2) is 6.21 Å². The Labute approximate surface area is 137 Å². The lowest BCUT2D eigenvalue weighted by Gasteiger charge is -2.14. The number of aryl methyl sites for hydroxylation is 1. The number of rotatable bonds is 7. The second kappa shape index (κ2) is 8.08. The third-order valence-electron chi connectivity index (χ3n) is 3.47. The highest BCUT2D eigenvalue weighted by atomic mass is 19.1. The monoisotopic (exact) mass is 308 g/mol. The molecule has 1 aliphatic rings. The van der Waals surface area contributed by atoms with Crippen molar-refractivity contribution in [3.8, 4) is 0 Å². The maximum Gasteiger partial charge on any atom is 0.119 e. The van der Waals surface area contributed by atoms with Gasteiger partial charge in [0.15, 0.2) is 0 Å². The van der Waals surface area contributed by atoms with Crippen molar-refractivity contribution < 1.29 is 4.39 Å². The van der Waals surface area contributed by atoms with Gasteiger partial charge in [0.1, 0.15) is 5.83 Å². The van der Waals surface area contributed by atoms with Crippen LogP contribution in [0, 0.1) is 0 Å². The zero-order valence-corrected chi connectivity index (χ0v) is 13.2. The molecule has 1 aromatic carbocycles. The van der Waals surface area contributed by atoms with Gasteiger partial charge in [0.05, 0.1) is 5.69 Å². The molecule has 1 heterocycles. The summed E-state index contributed by atoms with van der Waals surface area (Å²) in [6, 6.07) is 6.01. The number of anilines is 1. The molecule has 0 bridgehead atoms. The number of hydrogen-bond donors (Lipinski definition) is 1. The standard InChI is InChI=1S/C20H21FN2/c1-4-5-6-8-17(16(3)21)13-15(2)23-19-10-11-20-18(14-19)9-7-12-22-20/h4-6,8,10-12,14,23H,1-3,7,9,13H2/b6-5-,17-8-. The SMILES string of the molecule is C=C/C=C\C=C(\CC(=C)Nc1ccc2c(c1)CCC=N2)C(=C)F. The molecule has 0 aliphatic carbocycles. The van der Waals surface area contributed by atoms with E-state index in [0.29, 0.717) is 17.7 Å². The van der Waals surface area contributed by atoms with Gasteiger partial charge in [0, 0.05) is 24.0 Å². The smallest absolute Gasteiger partial charge is 0.119 e. The largest absolute Gasteiger partial charge is 0.359 e. The van der Waals surface area contributed by atoms with Crippen molar-refractivity contribution in [1.82, 2.24) is 0 Å². The van der Waals surface area contributed by atoms with Crippen molar-refractivity contribution in [2.45, 2.75) is 19.3 Å². The van der Waals surface area contributed by atoms with Gasteiger partial charge in [-0.1, -0.05) is 44.0 Å². The lowest BCUT2D eigenvalue weighted by Crippen LogP contribution is -2.02. The van der Waals surface area contributed by atoms with E-state index in [2.05, 4.69) is 36.1 Å². The van der Waals surface area contributed by atoms with Gasteiger partial charge in [-0.2, -0.15) is 0 Å². The van der Waals surface area contributed by atoms with E-state index >= 15 is 0 Å². The fourth-order valence-electron chi connectivity index (χ4n) is 2.35. The van der Waals surface area contributed by atoms with Gasteiger partial charge in [-0.15, -0.1) is 0 Å². The van der Waals surface area contributed by atoms with E-state index in [9.17, 15) is 4.39 Å². The summed E-state index contributed by atoms with van der Waals surface area (Å²) in [5.41, 5.74) is 4.37. The highest BCUT2D eigenvalue weighted by molar-refractivity contribution is 5.71. The molecule has 1 N–H and O–H groups in total. The molecule has 0 fully saturated rings. The molecule has 2 nitrogen and oxygen atoms in total. The maximum absolute atomic E-state index is 13.5. The van der Waals surface area contributed by atoms with Crippen LogP contribution >= 0.6 is 0 Å². The van der Waals surface area contributed by atoms with Crippen molar-refractivity contribution in [2.75, 3.05) is 5.32 Å². The molecule has 0 radical (unpaired) electrons. The Balaban J connectivity index is 2.05. The molecule has 118 valence electrons. The minimum atomic E-state index is -0.457. The van der Waals surface area contributed by atoms with Crippen molar-refractivity contribution in [2.24, 2.45) is 4.99 Å². The maximum atomic E-state index is 13.5. The lowest BCUT2D eigenvalue weighted by atomic mass is 10.0. The first kappa shape index (κ1) is 16.7. The molecule has 0 spiro atoms. The zero-order valence-electron chi connectivity index (χ0n) is 13.2. The number of allylic oxidation sites excluding steroid dienone is 6. The number of halogens is 1. The Bertz CT molecular complexity index is 708. The predicted molar refractivity (Wildman–Crippen MR) is 98.0 cm³/mol. The Kier molecular flexibility index (Phi) is 5.87. The average molecular weight is 308 g/mol. The van der Waals surface area contributed by atoms with Crippen LogP contribution in [0.3, 0.4) is 0 Å². The molecule has 0 saturated heterocycles. The molecule has 0 aromatic heterocycles. The van der Waals surface area contributed by atoms with Crippen molar-refractivity contribution in [3.05, 3.63) is 84.9 Å². The minimum Gasteiger partial charge on any atom is -0.359 e. The summed E-state index contributed by atoms with van der Waals surface area (Å²) in [6.07, 6.45) is 11.0. The summed E-state index contributed by atoms with van der Waals surface area (Å²) < 4.78 is 13.5. The zero-order chi connectivity index (χ0) is 16.7. The van der Waals surface area contributed by atoms with Gasteiger partial charge in [0.2, 0.25) is 0 Å². The van der Waals surface area contributed by atoms with E-state index in [4.69, 9.17) is 0 Å². The first-order valence-corrected chi connectivity index (χ1v) is 7.53. The number of nitrogens with zero attached hydrogens (tertiary/aromatic N) is 1. The Morgan fingerprint density at radius 3 is 2.87 bits per heavy atom. The van der Waals surface area contributed by atoms with Crippen molar-refractivity contribution in [3.63, 3.8) is 0 Å². The van der Waals surface area contributed by atoms with Crippen LogP contribution in [0.2, 0.25) is 0 Å². The summed E-state index contributed by atoms with van der Waals surface area (Å²) >= 11 is 0. The number of benzene rings is 1. The summed E-state index contributed by atoms with van der Waals surface area (Å²) in [5, 5.41) is 3.23. The molecule has 0 amide bonds. The molecule has 1 aliphatic heterocycles. The Hall–Kier alpha value is -2.68. The third kappa shape index (κ3) is 4.92. The summed E-state index contributed by atoms with van der Waals surface area (Å²) in [5.74, 6) is -0.457. The molecule has 1 aromatic rings. The number of hydrogen-bond acceptors (Lipinski definition) is 2. The van der Waals surface area contributed by atoms with Gasteiger partial charge in [-0.3, -0.25) is 4.99 Å². The first-order chi connectivity index (χ1) is 11.1. The van der Waals surface area contributed by atoms with Crippen molar-refractivity contribution in [1.29, 1.82) is 0 Å². The molecular weight excluding hydrogens is 287 g/mol. The molecule has 23 heavy (non-hydrogen) atoms. The molecule has 3 heteroatoms. The van der Waals surface area contributed by atoms with Crippen LogP contribution in [0.4, 0.5) is 15.8 Å².